The number of rotatable bonds is 8. The standard InChI is InChI=1S/C26H28ClN3O6S2/c1-36-25-15-14-23(18-24(25)26(31)30-16-4-2-3-5-17-30)38(34,35)29-21-10-12-22(13-11-21)37(32,33)28-20-8-6-19(27)7-9-20/h6-15,18,28-29H,2-5,16-17H2,1H3. The number of amides is 1. The van der Waals surface area contributed by atoms with E-state index in [1.807, 2.05) is 0 Å². The lowest BCUT2D eigenvalue weighted by Crippen LogP contribution is -2.32. The highest BCUT2D eigenvalue weighted by Crippen LogP contribution is 2.27. The third kappa shape index (κ3) is 6.58. The molecular formula is C26H28ClN3O6S2. The fourth-order valence-corrected chi connectivity index (χ4v) is 6.38. The van der Waals surface area contributed by atoms with E-state index in [-0.39, 0.29) is 26.9 Å². The SMILES string of the molecule is COc1ccc(S(=O)(=O)Nc2ccc(S(=O)(=O)Nc3ccc(Cl)cc3)cc2)cc1C(=O)N1CCCCCC1. The number of halogens is 1. The molecule has 1 saturated heterocycles. The van der Waals surface area contributed by atoms with Gasteiger partial charge in [0, 0.05) is 29.5 Å². The maximum atomic E-state index is 13.2. The third-order valence-electron chi connectivity index (χ3n) is 6.12. The van der Waals surface area contributed by atoms with E-state index >= 15 is 0 Å². The van der Waals surface area contributed by atoms with Gasteiger partial charge in [0.25, 0.3) is 26.0 Å². The molecule has 1 aliphatic rings. The molecule has 0 radical (unpaired) electrons. The topological polar surface area (TPSA) is 122 Å². The zero-order valence-corrected chi connectivity index (χ0v) is 23.1. The van der Waals surface area contributed by atoms with E-state index in [0.717, 1.165) is 25.7 Å². The quantitative estimate of drug-likeness (QED) is 0.390. The Morgan fingerprint density at radius 1 is 0.763 bits per heavy atom. The van der Waals surface area contributed by atoms with Crippen molar-refractivity contribution in [2.24, 2.45) is 0 Å². The van der Waals surface area contributed by atoms with Crippen molar-refractivity contribution >= 4 is 48.9 Å². The summed E-state index contributed by atoms with van der Waals surface area (Å²) in [5, 5.41) is 0.472. The first-order chi connectivity index (χ1) is 18.1. The Labute approximate surface area is 227 Å². The summed E-state index contributed by atoms with van der Waals surface area (Å²) in [5.41, 5.74) is 0.669. The van der Waals surface area contributed by atoms with Crippen LogP contribution >= 0.6 is 11.6 Å². The van der Waals surface area contributed by atoms with Crippen LogP contribution in [0, 0.1) is 0 Å². The number of hydrogen-bond acceptors (Lipinski definition) is 6. The Balaban J connectivity index is 1.53. The van der Waals surface area contributed by atoms with E-state index in [9.17, 15) is 21.6 Å². The Bertz CT molecular complexity index is 1500. The number of nitrogens with one attached hydrogen (secondary N) is 2. The van der Waals surface area contributed by atoms with Gasteiger partial charge in [0.05, 0.1) is 22.5 Å². The highest BCUT2D eigenvalue weighted by atomic mass is 35.5. The number of sulfonamides is 2. The molecule has 3 aromatic carbocycles. The molecule has 1 amide bonds. The van der Waals surface area contributed by atoms with E-state index in [2.05, 4.69) is 9.44 Å². The fourth-order valence-electron chi connectivity index (χ4n) is 4.11. The molecule has 0 unspecified atom stereocenters. The first-order valence-electron chi connectivity index (χ1n) is 12.0. The first-order valence-corrected chi connectivity index (χ1v) is 15.3. The molecule has 9 nitrogen and oxygen atoms in total. The predicted octanol–water partition coefficient (Wildman–Crippen LogP) is 4.97. The van der Waals surface area contributed by atoms with Gasteiger partial charge >= 0.3 is 0 Å². The summed E-state index contributed by atoms with van der Waals surface area (Å²) < 4.78 is 61.9. The van der Waals surface area contributed by atoms with Crippen molar-refractivity contribution in [3.05, 3.63) is 77.3 Å². The third-order valence-corrected chi connectivity index (χ3v) is 9.15. The minimum absolute atomic E-state index is 0.0508. The second-order valence-corrected chi connectivity index (χ2v) is 12.6. The van der Waals surface area contributed by atoms with Gasteiger partial charge in [-0.15, -0.1) is 0 Å². The van der Waals surface area contributed by atoms with Crippen molar-refractivity contribution in [1.29, 1.82) is 0 Å². The van der Waals surface area contributed by atoms with Crippen LogP contribution in [0.2, 0.25) is 5.02 Å². The molecule has 0 aromatic heterocycles. The van der Waals surface area contributed by atoms with Crippen LogP contribution in [-0.4, -0.2) is 47.8 Å². The maximum absolute atomic E-state index is 13.2. The lowest BCUT2D eigenvalue weighted by Gasteiger charge is -2.22. The summed E-state index contributed by atoms with van der Waals surface area (Å²) in [6, 6.07) is 15.6. The predicted molar refractivity (Wildman–Crippen MR) is 147 cm³/mol. The van der Waals surface area contributed by atoms with Crippen LogP contribution < -0.4 is 14.2 Å². The minimum atomic E-state index is -4.09. The van der Waals surface area contributed by atoms with Gasteiger partial charge in [0.1, 0.15) is 5.75 Å². The second kappa shape index (κ2) is 11.6. The smallest absolute Gasteiger partial charge is 0.261 e. The molecule has 1 aliphatic heterocycles. The molecule has 202 valence electrons. The number of ether oxygens (including phenoxy) is 1. The van der Waals surface area contributed by atoms with Crippen LogP contribution in [0.3, 0.4) is 0 Å². The molecule has 4 rings (SSSR count). The van der Waals surface area contributed by atoms with Gasteiger partial charge < -0.3 is 9.64 Å². The van der Waals surface area contributed by atoms with Crippen molar-refractivity contribution in [2.75, 3.05) is 29.6 Å². The molecule has 3 aromatic rings. The molecular weight excluding hydrogens is 550 g/mol. The number of hydrogen-bond donors (Lipinski definition) is 2. The van der Waals surface area contributed by atoms with Crippen LogP contribution in [0.4, 0.5) is 11.4 Å². The van der Waals surface area contributed by atoms with Gasteiger partial charge in [-0.25, -0.2) is 16.8 Å². The molecule has 2 N–H and O–H groups in total. The maximum Gasteiger partial charge on any atom is 0.261 e. The van der Waals surface area contributed by atoms with E-state index < -0.39 is 20.0 Å². The van der Waals surface area contributed by atoms with E-state index in [0.29, 0.717) is 29.5 Å². The zero-order valence-electron chi connectivity index (χ0n) is 20.7. The van der Waals surface area contributed by atoms with Gasteiger partial charge in [0.15, 0.2) is 0 Å². The molecule has 0 atom stereocenters. The monoisotopic (exact) mass is 577 g/mol. The van der Waals surface area contributed by atoms with Crippen LogP contribution in [0.15, 0.2) is 76.5 Å². The largest absolute Gasteiger partial charge is 0.496 e. The van der Waals surface area contributed by atoms with Gasteiger partial charge in [-0.1, -0.05) is 24.4 Å². The molecule has 1 fully saturated rings. The van der Waals surface area contributed by atoms with Crippen molar-refractivity contribution in [2.45, 2.75) is 35.5 Å². The molecule has 12 heteroatoms. The normalized spacial score (nSPS) is 14.4. The number of likely N-dealkylation sites (tertiary alicyclic amines) is 1. The number of carbonyl (C=O) groups excluding carboxylic acids is 1. The summed E-state index contributed by atoms with van der Waals surface area (Å²) in [7, 11) is -6.56. The van der Waals surface area contributed by atoms with Gasteiger partial charge in [0.2, 0.25) is 0 Å². The minimum Gasteiger partial charge on any atom is -0.496 e. The summed E-state index contributed by atoms with van der Waals surface area (Å²) in [5.74, 6) is 0.0180. The molecule has 0 aliphatic carbocycles. The van der Waals surface area contributed by atoms with Gasteiger partial charge in [-0.05, 0) is 79.6 Å². The Morgan fingerprint density at radius 3 is 1.82 bits per heavy atom. The van der Waals surface area contributed by atoms with Gasteiger partial charge in [-0.3, -0.25) is 14.2 Å². The Kier molecular flexibility index (Phi) is 8.49. The van der Waals surface area contributed by atoms with Crippen LogP contribution in [0.25, 0.3) is 0 Å². The highest BCUT2D eigenvalue weighted by Gasteiger charge is 2.24. The molecule has 0 saturated carbocycles. The van der Waals surface area contributed by atoms with E-state index in [1.54, 1.807) is 17.0 Å². The molecule has 1 heterocycles. The Hall–Kier alpha value is -3.28. The van der Waals surface area contributed by atoms with Crippen molar-refractivity contribution in [1.82, 2.24) is 4.90 Å². The summed E-state index contributed by atoms with van der Waals surface area (Å²) >= 11 is 5.84. The zero-order chi connectivity index (χ0) is 27.3. The lowest BCUT2D eigenvalue weighted by molar-refractivity contribution is 0.0758. The average molecular weight is 578 g/mol. The summed E-state index contributed by atoms with van der Waals surface area (Å²) in [4.78, 5) is 14.8. The molecule has 38 heavy (non-hydrogen) atoms. The van der Waals surface area contributed by atoms with Crippen molar-refractivity contribution < 1.29 is 26.4 Å². The van der Waals surface area contributed by atoms with Crippen molar-refractivity contribution in [3.63, 3.8) is 0 Å². The number of nitrogens with zero attached hydrogens (tertiary/aromatic N) is 1. The van der Waals surface area contributed by atoms with Crippen LogP contribution in [-0.2, 0) is 20.0 Å². The second-order valence-electron chi connectivity index (χ2n) is 8.81. The first kappa shape index (κ1) is 27.7. The number of methoxy groups -OCH3 is 1. The fraction of sp³-hybridized carbons (Fsp3) is 0.269. The highest BCUT2D eigenvalue weighted by molar-refractivity contribution is 7.93. The number of carbonyl (C=O) groups is 1. The lowest BCUT2D eigenvalue weighted by atomic mass is 10.1. The summed E-state index contributed by atoms with van der Waals surface area (Å²) in [6.45, 7) is 1.22. The van der Waals surface area contributed by atoms with Crippen LogP contribution in [0.1, 0.15) is 36.0 Å². The number of benzene rings is 3. The van der Waals surface area contributed by atoms with Crippen LogP contribution in [0.5, 0.6) is 5.75 Å². The molecule has 0 spiro atoms. The Morgan fingerprint density at radius 2 is 1.26 bits per heavy atom. The average Bonchev–Trinajstić information content (AvgIpc) is 3.19. The van der Waals surface area contributed by atoms with E-state index in [1.165, 1.54) is 61.7 Å². The van der Waals surface area contributed by atoms with E-state index in [4.69, 9.17) is 16.3 Å². The van der Waals surface area contributed by atoms with Gasteiger partial charge in [-0.2, -0.15) is 0 Å². The van der Waals surface area contributed by atoms with Crippen molar-refractivity contribution in [3.8, 4) is 5.75 Å². The molecule has 0 bridgehead atoms. The number of anilines is 2. The summed E-state index contributed by atoms with van der Waals surface area (Å²) in [6.07, 6.45) is 3.90.